The molecule has 2 N–H and O–H groups in total. The lowest BCUT2D eigenvalue weighted by Crippen LogP contribution is -2.29. The van der Waals surface area contributed by atoms with Crippen LogP contribution in [0.5, 0.6) is 0 Å². The van der Waals surface area contributed by atoms with Crippen LogP contribution in [-0.2, 0) is 0 Å². The van der Waals surface area contributed by atoms with Gasteiger partial charge in [0, 0.05) is 6.04 Å². The molecule has 0 bridgehead atoms. The lowest BCUT2D eigenvalue weighted by molar-refractivity contribution is 0.361. The quantitative estimate of drug-likeness (QED) is 0.686. The van der Waals surface area contributed by atoms with Gasteiger partial charge in [-0.15, -0.1) is 0 Å². The number of nitrogens with one attached hydrogen (secondary N) is 2. The summed E-state index contributed by atoms with van der Waals surface area (Å²) >= 11 is 0. The molecule has 2 fully saturated rings. The van der Waals surface area contributed by atoms with Crippen molar-refractivity contribution in [3.63, 3.8) is 0 Å². The van der Waals surface area contributed by atoms with Crippen molar-refractivity contribution in [2.75, 3.05) is 19.6 Å². The van der Waals surface area contributed by atoms with Gasteiger partial charge in [0.2, 0.25) is 0 Å². The zero-order valence-electron chi connectivity index (χ0n) is 9.06. The first kappa shape index (κ1) is 9.47. The topological polar surface area (TPSA) is 24.1 Å². The summed E-state index contributed by atoms with van der Waals surface area (Å²) in [5, 5.41) is 7.09. The van der Waals surface area contributed by atoms with Gasteiger partial charge in [0.15, 0.2) is 0 Å². The predicted molar refractivity (Wildman–Crippen MR) is 55.7 cm³/mol. The smallest absolute Gasteiger partial charge is 0.0155 e. The van der Waals surface area contributed by atoms with Crippen molar-refractivity contribution >= 4 is 0 Å². The van der Waals surface area contributed by atoms with Crippen LogP contribution in [0.25, 0.3) is 0 Å². The fourth-order valence-electron chi connectivity index (χ4n) is 2.33. The van der Waals surface area contributed by atoms with Gasteiger partial charge in [-0.05, 0) is 43.3 Å². The Morgan fingerprint density at radius 2 is 1.85 bits per heavy atom. The second-order valence-electron chi connectivity index (χ2n) is 5.78. The van der Waals surface area contributed by atoms with Crippen LogP contribution in [0.15, 0.2) is 0 Å². The Labute approximate surface area is 81.5 Å². The molecule has 1 unspecified atom stereocenters. The van der Waals surface area contributed by atoms with Crippen LogP contribution in [0.4, 0.5) is 0 Å². The Morgan fingerprint density at radius 1 is 1.23 bits per heavy atom. The highest BCUT2D eigenvalue weighted by molar-refractivity contribution is 5.09. The minimum atomic E-state index is 0.481. The maximum atomic E-state index is 3.68. The van der Waals surface area contributed by atoms with Gasteiger partial charge in [-0.25, -0.2) is 0 Å². The van der Waals surface area contributed by atoms with Gasteiger partial charge in [-0.2, -0.15) is 0 Å². The first-order valence-electron chi connectivity index (χ1n) is 5.52. The minimum Gasteiger partial charge on any atom is -0.316 e. The van der Waals surface area contributed by atoms with Crippen molar-refractivity contribution in [3.8, 4) is 0 Å². The maximum Gasteiger partial charge on any atom is 0.0155 e. The fourth-order valence-corrected chi connectivity index (χ4v) is 2.33. The summed E-state index contributed by atoms with van der Waals surface area (Å²) < 4.78 is 0. The van der Waals surface area contributed by atoms with Crippen molar-refractivity contribution in [2.45, 2.75) is 33.2 Å². The minimum absolute atomic E-state index is 0.481. The first-order valence-corrected chi connectivity index (χ1v) is 5.52. The average molecular weight is 182 g/mol. The van der Waals surface area contributed by atoms with E-state index in [4.69, 9.17) is 0 Å². The Balaban J connectivity index is 1.60. The molecule has 1 saturated carbocycles. The van der Waals surface area contributed by atoms with E-state index >= 15 is 0 Å². The van der Waals surface area contributed by atoms with E-state index in [9.17, 15) is 0 Å². The zero-order valence-corrected chi connectivity index (χ0v) is 9.06. The summed E-state index contributed by atoms with van der Waals surface area (Å²) in [6.45, 7) is 10.6. The molecule has 2 rings (SSSR count). The first-order chi connectivity index (χ1) is 6.08. The molecule has 1 aliphatic heterocycles. The molecule has 13 heavy (non-hydrogen) atoms. The third-order valence-electron chi connectivity index (χ3n) is 3.35. The molecule has 0 aromatic rings. The maximum absolute atomic E-state index is 3.68. The summed E-state index contributed by atoms with van der Waals surface area (Å²) in [6.07, 6.45) is 1.29. The van der Waals surface area contributed by atoms with Crippen LogP contribution in [0.1, 0.15) is 27.2 Å². The molecule has 2 nitrogen and oxygen atoms in total. The molecule has 1 heterocycles. The summed E-state index contributed by atoms with van der Waals surface area (Å²) in [6, 6.07) is 0.851. The molecule has 2 heteroatoms. The monoisotopic (exact) mass is 182 g/mol. The molecule has 2 aliphatic rings. The van der Waals surface area contributed by atoms with Gasteiger partial charge in [0.25, 0.3) is 0 Å². The number of hydrogen-bond acceptors (Lipinski definition) is 2. The standard InChI is InChI=1S/C11H22N2/c1-11(2,3)4-5-13-10-8-6-12-7-9(8)10/h8-10,12-13H,4-7H2,1-3H3/t8-,9+,10?. The van der Waals surface area contributed by atoms with E-state index in [-0.39, 0.29) is 0 Å². The van der Waals surface area contributed by atoms with Gasteiger partial charge >= 0.3 is 0 Å². The lowest BCUT2D eigenvalue weighted by Gasteiger charge is -2.18. The molecule has 76 valence electrons. The zero-order chi connectivity index (χ0) is 9.47. The largest absolute Gasteiger partial charge is 0.316 e. The number of hydrogen-bond donors (Lipinski definition) is 2. The molecular formula is C11H22N2. The number of piperidine rings is 1. The summed E-state index contributed by atoms with van der Waals surface area (Å²) in [4.78, 5) is 0. The highest BCUT2D eigenvalue weighted by atomic mass is 15.1. The van der Waals surface area contributed by atoms with Crippen LogP contribution < -0.4 is 10.6 Å². The van der Waals surface area contributed by atoms with Gasteiger partial charge in [0.1, 0.15) is 0 Å². The Morgan fingerprint density at radius 3 is 2.38 bits per heavy atom. The third kappa shape index (κ3) is 2.23. The Bertz CT molecular complexity index is 173. The molecule has 0 aromatic carbocycles. The van der Waals surface area contributed by atoms with Gasteiger partial charge in [-0.1, -0.05) is 20.8 Å². The van der Waals surface area contributed by atoms with Crippen molar-refractivity contribution < 1.29 is 0 Å². The highest BCUT2D eigenvalue weighted by Gasteiger charge is 2.52. The van der Waals surface area contributed by atoms with E-state index in [2.05, 4.69) is 31.4 Å². The van der Waals surface area contributed by atoms with Crippen LogP contribution in [-0.4, -0.2) is 25.7 Å². The van der Waals surface area contributed by atoms with E-state index < -0.39 is 0 Å². The molecule has 0 spiro atoms. The van der Waals surface area contributed by atoms with E-state index in [1.807, 2.05) is 0 Å². The van der Waals surface area contributed by atoms with Crippen molar-refractivity contribution in [1.29, 1.82) is 0 Å². The van der Waals surface area contributed by atoms with Crippen LogP contribution in [0, 0.1) is 17.3 Å². The van der Waals surface area contributed by atoms with Crippen molar-refractivity contribution in [2.24, 2.45) is 17.3 Å². The molecule has 1 aliphatic carbocycles. The highest BCUT2D eigenvalue weighted by Crippen LogP contribution is 2.41. The summed E-state index contributed by atoms with van der Waals surface area (Å²) in [5.41, 5.74) is 0.481. The summed E-state index contributed by atoms with van der Waals surface area (Å²) in [5.74, 6) is 1.92. The van der Waals surface area contributed by atoms with Crippen LogP contribution >= 0.6 is 0 Å². The second kappa shape index (κ2) is 3.25. The fraction of sp³-hybridized carbons (Fsp3) is 1.00. The van der Waals surface area contributed by atoms with Gasteiger partial charge < -0.3 is 10.6 Å². The van der Waals surface area contributed by atoms with E-state index in [1.54, 1.807) is 0 Å². The molecule has 0 aromatic heterocycles. The molecule has 0 amide bonds. The van der Waals surface area contributed by atoms with E-state index in [0.29, 0.717) is 5.41 Å². The van der Waals surface area contributed by atoms with Crippen LogP contribution in [0.3, 0.4) is 0 Å². The van der Waals surface area contributed by atoms with E-state index in [1.165, 1.54) is 26.1 Å². The average Bonchev–Trinajstić information content (AvgIpc) is 2.48. The molecular weight excluding hydrogens is 160 g/mol. The second-order valence-corrected chi connectivity index (χ2v) is 5.78. The lowest BCUT2D eigenvalue weighted by atomic mass is 9.92. The SMILES string of the molecule is CC(C)(C)CCNC1[C@H]2CNC[C@@H]12. The summed E-state index contributed by atoms with van der Waals surface area (Å²) in [7, 11) is 0. The number of fused-ring (bicyclic) bond motifs is 1. The number of rotatable bonds is 3. The predicted octanol–water partition coefficient (Wildman–Crippen LogP) is 1.23. The van der Waals surface area contributed by atoms with Crippen molar-refractivity contribution in [1.82, 2.24) is 10.6 Å². The van der Waals surface area contributed by atoms with Gasteiger partial charge in [-0.3, -0.25) is 0 Å². The Kier molecular flexibility index (Phi) is 2.37. The normalized spacial score (nSPS) is 37.6. The third-order valence-corrected chi connectivity index (χ3v) is 3.35. The molecule has 0 radical (unpaired) electrons. The Hall–Kier alpha value is -0.0800. The van der Waals surface area contributed by atoms with E-state index in [0.717, 1.165) is 17.9 Å². The molecule has 3 atom stereocenters. The van der Waals surface area contributed by atoms with Crippen LogP contribution in [0.2, 0.25) is 0 Å². The van der Waals surface area contributed by atoms with Gasteiger partial charge in [0.05, 0.1) is 0 Å². The molecule has 1 saturated heterocycles. The van der Waals surface area contributed by atoms with Crippen molar-refractivity contribution in [3.05, 3.63) is 0 Å².